The number of halogens is 1. The first kappa shape index (κ1) is 26.2. The Hall–Kier alpha value is -3.40. The fourth-order valence-electron chi connectivity index (χ4n) is 4.49. The minimum absolute atomic E-state index is 0.0366. The molecule has 1 atom stereocenters. The first-order chi connectivity index (χ1) is 18.0. The van der Waals surface area contributed by atoms with Crippen molar-refractivity contribution < 1.29 is 25.6 Å². The van der Waals surface area contributed by atoms with Gasteiger partial charge in [0.15, 0.2) is 5.58 Å². The Labute approximate surface area is 221 Å². The number of nitrogens with zero attached hydrogens (tertiary/aromatic N) is 4. The van der Waals surface area contributed by atoms with Gasteiger partial charge in [-0.3, -0.25) is 9.29 Å². The number of nitrogens with one attached hydrogen (secondary N) is 1. The fourth-order valence-corrected chi connectivity index (χ4v) is 6.99. The van der Waals surface area contributed by atoms with E-state index >= 15 is 4.39 Å². The van der Waals surface area contributed by atoms with Gasteiger partial charge < -0.3 is 4.42 Å². The molecular formula is C23H22FN5O6S3. The highest BCUT2D eigenvalue weighted by Crippen LogP contribution is 2.33. The average molecular weight is 580 g/mol. The molecule has 0 saturated carbocycles. The molecule has 0 spiro atoms. The van der Waals surface area contributed by atoms with Gasteiger partial charge in [-0.2, -0.15) is 8.68 Å². The molecule has 0 radical (unpaired) electrons. The number of aromatic nitrogens is 3. The Kier molecular flexibility index (Phi) is 6.71. The van der Waals surface area contributed by atoms with Crippen LogP contribution in [0.1, 0.15) is 30.5 Å². The number of sulfonamides is 2. The Morgan fingerprint density at radius 1 is 1.18 bits per heavy atom. The van der Waals surface area contributed by atoms with Crippen LogP contribution in [0.15, 0.2) is 62.9 Å². The van der Waals surface area contributed by atoms with Crippen LogP contribution in [0.4, 0.5) is 9.52 Å². The number of benzene rings is 2. The predicted octanol–water partition coefficient (Wildman–Crippen LogP) is 3.04. The van der Waals surface area contributed by atoms with Crippen LogP contribution >= 0.6 is 11.5 Å². The molecule has 38 heavy (non-hydrogen) atoms. The SMILES string of the molecule is CC(c1ccccc1C1=CCN(S(C)(=O)=O)CC1)n1c(=O)oc2cc(S(=O)(=O)Nc3ncns3)c(F)cc21. The molecule has 0 aliphatic carbocycles. The summed E-state index contributed by atoms with van der Waals surface area (Å²) >= 11 is 0.788. The largest absolute Gasteiger partial charge is 0.420 e. The van der Waals surface area contributed by atoms with Crippen molar-refractivity contribution in [2.45, 2.75) is 24.3 Å². The van der Waals surface area contributed by atoms with E-state index in [1.165, 1.54) is 15.1 Å². The standard InChI is InChI=1S/C23H22FN5O6S3/c1-14(16-5-3-4-6-17(16)15-7-9-28(10-8-15)37(2,31)32)29-19-11-18(24)21(12-20(19)35-23(29)30)38(33,34)27-22-25-13-26-36-22/h3-7,11-14H,8-10H2,1-2H3,(H,25,26,27). The maximum atomic E-state index is 15.1. The van der Waals surface area contributed by atoms with Crippen LogP contribution in [0.3, 0.4) is 0 Å². The lowest BCUT2D eigenvalue weighted by Gasteiger charge is -2.26. The number of oxazole rings is 1. The van der Waals surface area contributed by atoms with Gasteiger partial charge in [-0.05, 0) is 30.0 Å². The second kappa shape index (κ2) is 9.72. The third-order valence-corrected chi connectivity index (χ3v) is 9.66. The molecule has 0 saturated heterocycles. The normalized spacial score (nSPS) is 15.9. The van der Waals surface area contributed by atoms with E-state index in [0.717, 1.165) is 46.7 Å². The van der Waals surface area contributed by atoms with Gasteiger partial charge in [0.1, 0.15) is 17.0 Å². The third kappa shape index (κ3) is 4.89. The zero-order valence-corrected chi connectivity index (χ0v) is 22.6. The summed E-state index contributed by atoms with van der Waals surface area (Å²) in [7, 11) is -7.67. The summed E-state index contributed by atoms with van der Waals surface area (Å²) in [6.45, 7) is 2.31. The van der Waals surface area contributed by atoms with E-state index in [-0.39, 0.29) is 22.8 Å². The topological polar surface area (TPSA) is 144 Å². The smallest absolute Gasteiger partial charge is 0.408 e. The second-order valence-corrected chi connectivity index (χ2v) is 13.1. The number of hydrogen-bond donors (Lipinski definition) is 1. The minimum Gasteiger partial charge on any atom is -0.408 e. The van der Waals surface area contributed by atoms with Crippen LogP contribution in [0, 0.1) is 5.82 Å². The Balaban J connectivity index is 1.54. The fraction of sp³-hybridized carbons (Fsp3) is 0.261. The third-order valence-electron chi connectivity index (χ3n) is 6.32. The van der Waals surface area contributed by atoms with Crippen LogP contribution in [0.5, 0.6) is 0 Å². The van der Waals surface area contributed by atoms with Crippen molar-refractivity contribution in [1.82, 2.24) is 18.2 Å². The van der Waals surface area contributed by atoms with Crippen LogP contribution in [0.2, 0.25) is 0 Å². The maximum Gasteiger partial charge on any atom is 0.420 e. The van der Waals surface area contributed by atoms with E-state index in [2.05, 4.69) is 14.1 Å². The lowest BCUT2D eigenvalue weighted by atomic mass is 9.92. The van der Waals surface area contributed by atoms with Crippen LogP contribution in [-0.4, -0.2) is 54.4 Å². The predicted molar refractivity (Wildman–Crippen MR) is 140 cm³/mol. The zero-order valence-electron chi connectivity index (χ0n) is 20.2. The highest BCUT2D eigenvalue weighted by Gasteiger charge is 2.27. The van der Waals surface area contributed by atoms with Crippen molar-refractivity contribution in [3.8, 4) is 0 Å². The summed E-state index contributed by atoms with van der Waals surface area (Å²) in [4.78, 5) is 16.0. The van der Waals surface area contributed by atoms with Crippen LogP contribution in [0.25, 0.3) is 16.7 Å². The molecule has 2 aromatic heterocycles. The summed E-state index contributed by atoms with van der Waals surface area (Å²) in [5, 5.41) is -0.0366. The molecule has 1 N–H and O–H groups in total. The molecular weight excluding hydrogens is 557 g/mol. The molecule has 4 aromatic rings. The van der Waals surface area contributed by atoms with Gasteiger partial charge in [-0.1, -0.05) is 30.3 Å². The van der Waals surface area contributed by atoms with Gasteiger partial charge in [0.25, 0.3) is 10.0 Å². The zero-order chi connectivity index (χ0) is 27.2. The molecule has 1 aliphatic rings. The quantitative estimate of drug-likeness (QED) is 0.352. The summed E-state index contributed by atoms with van der Waals surface area (Å²) in [6.07, 6.45) is 4.65. The molecule has 200 valence electrons. The van der Waals surface area contributed by atoms with Crippen LogP contribution in [-0.2, 0) is 20.0 Å². The summed E-state index contributed by atoms with van der Waals surface area (Å²) < 4.78 is 78.2. The monoisotopic (exact) mass is 579 g/mol. The molecule has 1 unspecified atom stereocenters. The lowest BCUT2D eigenvalue weighted by Crippen LogP contribution is -2.33. The molecule has 3 heterocycles. The average Bonchev–Trinajstić information content (AvgIpc) is 3.48. The molecule has 1 aliphatic heterocycles. The van der Waals surface area contributed by atoms with Crippen molar-refractivity contribution in [3.05, 3.63) is 76.3 Å². The lowest BCUT2D eigenvalue weighted by molar-refractivity contribution is 0.445. The Morgan fingerprint density at radius 3 is 2.61 bits per heavy atom. The van der Waals surface area contributed by atoms with E-state index in [9.17, 15) is 21.6 Å². The van der Waals surface area contributed by atoms with Gasteiger partial charge in [0.05, 0.1) is 17.8 Å². The first-order valence-corrected chi connectivity index (χ1v) is 15.4. The van der Waals surface area contributed by atoms with Gasteiger partial charge in [-0.25, -0.2) is 31.0 Å². The van der Waals surface area contributed by atoms with Gasteiger partial charge in [-0.15, -0.1) is 0 Å². The first-order valence-electron chi connectivity index (χ1n) is 11.3. The van der Waals surface area contributed by atoms with Gasteiger partial charge in [0, 0.05) is 36.8 Å². The summed E-state index contributed by atoms with van der Waals surface area (Å²) in [6, 6.07) is 8.66. The highest BCUT2D eigenvalue weighted by molar-refractivity contribution is 7.93. The minimum atomic E-state index is -4.36. The molecule has 0 fully saturated rings. The Bertz CT molecular complexity index is 1830. The van der Waals surface area contributed by atoms with E-state index in [4.69, 9.17) is 4.42 Å². The van der Waals surface area contributed by atoms with E-state index in [1.54, 1.807) is 13.0 Å². The number of fused-ring (bicyclic) bond motifs is 1. The van der Waals surface area contributed by atoms with Gasteiger partial charge >= 0.3 is 5.76 Å². The van der Waals surface area contributed by atoms with Crippen molar-refractivity contribution in [2.24, 2.45) is 0 Å². The highest BCUT2D eigenvalue weighted by atomic mass is 32.2. The molecule has 15 heteroatoms. The van der Waals surface area contributed by atoms with Crippen molar-refractivity contribution in [3.63, 3.8) is 0 Å². The number of rotatable bonds is 7. The second-order valence-electron chi connectivity index (χ2n) is 8.70. The number of hydrogen-bond acceptors (Lipinski definition) is 9. The molecule has 11 nitrogen and oxygen atoms in total. The maximum absolute atomic E-state index is 15.1. The molecule has 0 amide bonds. The molecule has 2 aromatic carbocycles. The van der Waals surface area contributed by atoms with E-state index < -0.39 is 42.6 Å². The summed E-state index contributed by atoms with van der Waals surface area (Å²) in [5.41, 5.74) is 2.49. The van der Waals surface area contributed by atoms with E-state index in [0.29, 0.717) is 13.0 Å². The number of anilines is 1. The van der Waals surface area contributed by atoms with Crippen molar-refractivity contribution >= 4 is 53.4 Å². The van der Waals surface area contributed by atoms with Crippen molar-refractivity contribution in [1.29, 1.82) is 0 Å². The Morgan fingerprint density at radius 2 is 1.95 bits per heavy atom. The molecule has 5 rings (SSSR count). The summed E-state index contributed by atoms with van der Waals surface area (Å²) in [5.74, 6) is -1.85. The van der Waals surface area contributed by atoms with Crippen LogP contribution < -0.4 is 10.5 Å². The van der Waals surface area contributed by atoms with Crippen molar-refractivity contribution in [2.75, 3.05) is 24.1 Å². The molecule has 0 bridgehead atoms. The van der Waals surface area contributed by atoms with Gasteiger partial charge in [0.2, 0.25) is 15.2 Å². The van der Waals surface area contributed by atoms with E-state index in [1.807, 2.05) is 24.3 Å².